The molecular formula is C14H19NO5. The van der Waals surface area contributed by atoms with E-state index in [0.29, 0.717) is 25.7 Å². The molecule has 1 rings (SSSR count). The number of carbonyl (C=O) groups excluding carboxylic acids is 1. The molecule has 0 atom stereocenters. The number of nitro benzene ring substituents is 1. The van der Waals surface area contributed by atoms with Gasteiger partial charge in [0.2, 0.25) is 0 Å². The monoisotopic (exact) mass is 281 g/mol. The molecule has 0 radical (unpaired) electrons. The first kappa shape index (κ1) is 16.3. The lowest BCUT2D eigenvalue weighted by atomic mass is 10.1. The van der Waals surface area contributed by atoms with E-state index < -0.39 is 4.92 Å². The maximum absolute atomic E-state index is 11.8. The second-order valence-corrected chi connectivity index (χ2v) is 4.75. The van der Waals surface area contributed by atoms with E-state index in [9.17, 15) is 14.9 Å². The van der Waals surface area contributed by atoms with Crippen molar-refractivity contribution in [3.05, 3.63) is 39.9 Å². The fraction of sp³-hybridized carbons (Fsp3) is 0.500. The van der Waals surface area contributed by atoms with Gasteiger partial charge in [-0.3, -0.25) is 14.9 Å². The van der Waals surface area contributed by atoms with Gasteiger partial charge in [0, 0.05) is 24.3 Å². The standard InChI is InChI=1S/C14H19NO5/c1-11(2)9-19-6-7-20-10-14(16)12-4-3-5-13(8-12)15(17)18/h3-5,8,11H,6-7,9-10H2,1-2H3. The van der Waals surface area contributed by atoms with Crippen molar-refractivity contribution in [1.29, 1.82) is 0 Å². The van der Waals surface area contributed by atoms with E-state index in [-0.39, 0.29) is 23.6 Å². The summed E-state index contributed by atoms with van der Waals surface area (Å²) in [7, 11) is 0. The molecule has 0 unspecified atom stereocenters. The average molecular weight is 281 g/mol. The Balaban J connectivity index is 2.32. The first-order chi connectivity index (χ1) is 9.50. The summed E-state index contributed by atoms with van der Waals surface area (Å²) >= 11 is 0. The van der Waals surface area contributed by atoms with Crippen LogP contribution < -0.4 is 0 Å². The number of rotatable bonds is 9. The summed E-state index contributed by atoms with van der Waals surface area (Å²) in [5.41, 5.74) is 0.179. The van der Waals surface area contributed by atoms with E-state index >= 15 is 0 Å². The Morgan fingerprint density at radius 1 is 1.30 bits per heavy atom. The smallest absolute Gasteiger partial charge is 0.270 e. The number of nitro groups is 1. The van der Waals surface area contributed by atoms with Crippen LogP contribution in [0.2, 0.25) is 0 Å². The molecule has 0 fully saturated rings. The second kappa shape index (κ2) is 8.39. The summed E-state index contributed by atoms with van der Waals surface area (Å²) in [5.74, 6) is 0.180. The van der Waals surface area contributed by atoms with Crippen LogP contribution in [0.15, 0.2) is 24.3 Å². The molecule has 0 saturated heterocycles. The second-order valence-electron chi connectivity index (χ2n) is 4.75. The normalized spacial score (nSPS) is 10.8. The quantitative estimate of drug-likeness (QED) is 0.301. The lowest BCUT2D eigenvalue weighted by molar-refractivity contribution is -0.384. The van der Waals surface area contributed by atoms with Gasteiger partial charge in [-0.1, -0.05) is 26.0 Å². The van der Waals surface area contributed by atoms with Crippen LogP contribution in [0.3, 0.4) is 0 Å². The highest BCUT2D eigenvalue weighted by Crippen LogP contribution is 2.13. The van der Waals surface area contributed by atoms with Crippen LogP contribution in [0.4, 0.5) is 5.69 Å². The Morgan fingerprint density at radius 2 is 2.00 bits per heavy atom. The van der Waals surface area contributed by atoms with Gasteiger partial charge in [0.25, 0.3) is 5.69 Å². The summed E-state index contributed by atoms with van der Waals surface area (Å²) < 4.78 is 10.5. The third-order valence-corrected chi connectivity index (χ3v) is 2.44. The fourth-order valence-electron chi connectivity index (χ4n) is 1.48. The van der Waals surface area contributed by atoms with Gasteiger partial charge in [-0.25, -0.2) is 0 Å². The lowest BCUT2D eigenvalue weighted by Gasteiger charge is -2.07. The number of benzene rings is 1. The van der Waals surface area contributed by atoms with Crippen molar-refractivity contribution in [1.82, 2.24) is 0 Å². The first-order valence-corrected chi connectivity index (χ1v) is 6.44. The number of hydrogen-bond donors (Lipinski definition) is 0. The van der Waals surface area contributed by atoms with Crippen molar-refractivity contribution >= 4 is 11.5 Å². The molecule has 0 N–H and O–H groups in total. The molecule has 0 bridgehead atoms. The number of carbonyl (C=O) groups is 1. The van der Waals surface area contributed by atoms with Crippen molar-refractivity contribution in [2.75, 3.05) is 26.4 Å². The highest BCUT2D eigenvalue weighted by molar-refractivity contribution is 5.97. The van der Waals surface area contributed by atoms with Crippen LogP contribution >= 0.6 is 0 Å². The lowest BCUT2D eigenvalue weighted by Crippen LogP contribution is -2.14. The molecule has 0 saturated carbocycles. The Hall–Kier alpha value is -1.79. The minimum Gasteiger partial charge on any atom is -0.379 e. The van der Waals surface area contributed by atoms with Crippen molar-refractivity contribution in [3.8, 4) is 0 Å². The Morgan fingerprint density at radius 3 is 2.65 bits per heavy atom. The van der Waals surface area contributed by atoms with Gasteiger partial charge in [0.15, 0.2) is 5.78 Å². The number of ether oxygens (including phenoxy) is 2. The SMILES string of the molecule is CC(C)COCCOCC(=O)c1cccc([N+](=O)[O-])c1. The van der Waals surface area contributed by atoms with Crippen molar-refractivity contribution in [2.24, 2.45) is 5.92 Å². The van der Waals surface area contributed by atoms with Crippen LogP contribution in [-0.2, 0) is 9.47 Å². The highest BCUT2D eigenvalue weighted by Gasteiger charge is 2.11. The van der Waals surface area contributed by atoms with Crippen molar-refractivity contribution in [3.63, 3.8) is 0 Å². The summed E-state index contributed by atoms with van der Waals surface area (Å²) in [6, 6.07) is 5.61. The predicted molar refractivity (Wildman–Crippen MR) is 73.9 cm³/mol. The summed E-state index contributed by atoms with van der Waals surface area (Å²) in [6.07, 6.45) is 0. The van der Waals surface area contributed by atoms with Crippen LogP contribution in [0.1, 0.15) is 24.2 Å². The number of ketones is 1. The zero-order chi connectivity index (χ0) is 15.0. The molecule has 0 aromatic heterocycles. The largest absolute Gasteiger partial charge is 0.379 e. The van der Waals surface area contributed by atoms with E-state index in [4.69, 9.17) is 9.47 Å². The van der Waals surface area contributed by atoms with Crippen LogP contribution in [0.25, 0.3) is 0 Å². The van der Waals surface area contributed by atoms with Gasteiger partial charge in [-0.2, -0.15) is 0 Å². The molecule has 0 aliphatic heterocycles. The third kappa shape index (κ3) is 5.90. The van der Waals surface area contributed by atoms with Crippen LogP contribution in [0.5, 0.6) is 0 Å². The van der Waals surface area contributed by atoms with E-state index in [2.05, 4.69) is 0 Å². The van der Waals surface area contributed by atoms with Gasteiger partial charge in [-0.05, 0) is 5.92 Å². The molecule has 0 amide bonds. The summed E-state index contributed by atoms with van der Waals surface area (Å²) in [4.78, 5) is 21.9. The predicted octanol–water partition coefficient (Wildman–Crippen LogP) is 2.47. The van der Waals surface area contributed by atoms with E-state index in [1.165, 1.54) is 24.3 Å². The number of non-ortho nitro benzene ring substituents is 1. The first-order valence-electron chi connectivity index (χ1n) is 6.44. The maximum atomic E-state index is 11.8. The molecule has 0 spiro atoms. The van der Waals surface area contributed by atoms with Crippen molar-refractivity contribution in [2.45, 2.75) is 13.8 Å². The third-order valence-electron chi connectivity index (χ3n) is 2.44. The minimum atomic E-state index is -0.530. The van der Waals surface area contributed by atoms with Gasteiger partial charge in [0.1, 0.15) is 6.61 Å². The molecule has 0 aliphatic carbocycles. The molecule has 1 aromatic rings. The van der Waals surface area contributed by atoms with E-state index in [1.54, 1.807) is 0 Å². The molecule has 0 aliphatic rings. The fourth-order valence-corrected chi connectivity index (χ4v) is 1.48. The molecule has 1 aromatic carbocycles. The number of Topliss-reactive ketones (excluding diaryl/α,β-unsaturated/α-hetero) is 1. The van der Waals surface area contributed by atoms with Gasteiger partial charge >= 0.3 is 0 Å². The number of hydrogen-bond acceptors (Lipinski definition) is 5. The topological polar surface area (TPSA) is 78.7 Å². The number of nitrogens with zero attached hydrogens (tertiary/aromatic N) is 1. The van der Waals surface area contributed by atoms with E-state index in [0.717, 1.165) is 0 Å². The molecule has 110 valence electrons. The summed E-state index contributed by atoms with van der Waals surface area (Å²) in [6.45, 7) is 5.40. The summed E-state index contributed by atoms with van der Waals surface area (Å²) in [5, 5.41) is 10.6. The van der Waals surface area contributed by atoms with Crippen molar-refractivity contribution < 1.29 is 19.2 Å². The molecule has 0 heterocycles. The Labute approximate surface area is 117 Å². The zero-order valence-electron chi connectivity index (χ0n) is 11.7. The minimum absolute atomic E-state index is 0.101. The zero-order valence-corrected chi connectivity index (χ0v) is 11.7. The van der Waals surface area contributed by atoms with Crippen LogP contribution in [-0.4, -0.2) is 37.1 Å². The Bertz CT molecular complexity index is 459. The van der Waals surface area contributed by atoms with E-state index in [1.807, 2.05) is 13.8 Å². The van der Waals surface area contributed by atoms with Gasteiger partial charge < -0.3 is 9.47 Å². The maximum Gasteiger partial charge on any atom is 0.270 e. The average Bonchev–Trinajstić information content (AvgIpc) is 2.42. The van der Waals surface area contributed by atoms with Gasteiger partial charge in [-0.15, -0.1) is 0 Å². The molecule has 20 heavy (non-hydrogen) atoms. The molecular weight excluding hydrogens is 262 g/mol. The molecule has 6 heteroatoms. The van der Waals surface area contributed by atoms with Gasteiger partial charge in [0.05, 0.1) is 18.1 Å². The Kier molecular flexibility index (Phi) is 6.83. The highest BCUT2D eigenvalue weighted by atomic mass is 16.6. The molecule has 6 nitrogen and oxygen atoms in total. The van der Waals surface area contributed by atoms with Crippen LogP contribution in [0, 0.1) is 16.0 Å².